The highest BCUT2D eigenvalue weighted by atomic mass is 16.7. The van der Waals surface area contributed by atoms with E-state index in [1.165, 1.54) is 0 Å². The van der Waals surface area contributed by atoms with Crippen LogP contribution in [0, 0.1) is 17.3 Å². The normalized spacial score (nSPS) is 14.1. The monoisotopic (exact) mass is 420 g/mol. The van der Waals surface area contributed by atoms with Crippen LogP contribution in [0.15, 0.2) is 0 Å². The minimum absolute atomic E-state index is 0.0275. The van der Waals surface area contributed by atoms with E-state index in [1.807, 2.05) is 41.5 Å². The molecule has 0 bridgehead atoms. The lowest BCUT2D eigenvalue weighted by Gasteiger charge is -2.36. The van der Waals surface area contributed by atoms with Gasteiger partial charge >= 0.3 is 11.9 Å². The molecule has 0 heterocycles. The highest BCUT2D eigenvalue weighted by Gasteiger charge is 2.54. The Morgan fingerprint density at radius 3 is 1.24 bits per heavy atom. The van der Waals surface area contributed by atoms with Crippen LogP contribution in [0.5, 0.6) is 0 Å². The van der Waals surface area contributed by atoms with Crippen molar-refractivity contribution >= 4 is 11.9 Å². The predicted octanol–water partition coefficient (Wildman–Crippen LogP) is 3.17. The van der Waals surface area contributed by atoms with Gasteiger partial charge in [-0.3, -0.25) is 9.59 Å². The van der Waals surface area contributed by atoms with Crippen molar-refractivity contribution < 1.29 is 38.0 Å². The van der Waals surface area contributed by atoms with Gasteiger partial charge in [-0.2, -0.15) is 0 Å². The molecule has 2 unspecified atom stereocenters. The van der Waals surface area contributed by atoms with E-state index in [4.69, 9.17) is 28.4 Å². The summed E-state index contributed by atoms with van der Waals surface area (Å²) in [4.78, 5) is 25.8. The van der Waals surface area contributed by atoms with Crippen LogP contribution >= 0.6 is 0 Å². The van der Waals surface area contributed by atoms with E-state index in [0.717, 1.165) is 0 Å². The number of ether oxygens (including phenoxy) is 6. The maximum Gasteiger partial charge on any atom is 0.324 e. The Bertz CT molecular complexity index is 422. The first-order valence-corrected chi connectivity index (χ1v) is 10.4. The molecule has 172 valence electrons. The summed E-state index contributed by atoms with van der Waals surface area (Å²) in [5.74, 6) is -1.84. The second-order valence-electron chi connectivity index (χ2n) is 7.24. The Hall–Kier alpha value is -1.22. The summed E-state index contributed by atoms with van der Waals surface area (Å²) in [6.07, 6.45) is -0.773. The average Bonchev–Trinajstić information content (AvgIpc) is 2.62. The van der Waals surface area contributed by atoms with E-state index in [-0.39, 0.29) is 50.8 Å². The molecule has 0 aliphatic carbocycles. The van der Waals surface area contributed by atoms with Crippen molar-refractivity contribution in [1.82, 2.24) is 0 Å². The molecule has 0 aromatic carbocycles. The van der Waals surface area contributed by atoms with Crippen LogP contribution in [-0.4, -0.2) is 64.2 Å². The molecular weight excluding hydrogens is 380 g/mol. The molecule has 0 aromatic heterocycles. The summed E-state index contributed by atoms with van der Waals surface area (Å²) >= 11 is 0. The van der Waals surface area contributed by atoms with Gasteiger partial charge in [0.1, 0.15) is 13.2 Å². The van der Waals surface area contributed by atoms with Crippen LogP contribution in [0.25, 0.3) is 0 Å². The zero-order chi connectivity index (χ0) is 22.4. The van der Waals surface area contributed by atoms with Gasteiger partial charge in [0, 0.05) is 13.2 Å². The zero-order valence-electron chi connectivity index (χ0n) is 19.3. The molecule has 2 atom stereocenters. The minimum atomic E-state index is -1.41. The SMILES string of the molecule is CCOC(C)OCCOC(=O)C(C(=O)OCCOC(C)OCC)(C(C)C)C(C)C. The molecule has 0 spiro atoms. The van der Waals surface area contributed by atoms with Gasteiger partial charge in [0.05, 0.1) is 13.2 Å². The van der Waals surface area contributed by atoms with E-state index in [2.05, 4.69) is 0 Å². The maximum atomic E-state index is 12.9. The smallest absolute Gasteiger partial charge is 0.324 e. The van der Waals surface area contributed by atoms with E-state index < -0.39 is 17.4 Å². The third-order valence-corrected chi connectivity index (χ3v) is 4.64. The Balaban J connectivity index is 4.86. The van der Waals surface area contributed by atoms with Crippen LogP contribution in [0.3, 0.4) is 0 Å². The second-order valence-corrected chi connectivity index (χ2v) is 7.24. The molecular formula is C21H40O8. The first kappa shape index (κ1) is 27.8. The van der Waals surface area contributed by atoms with Gasteiger partial charge in [0.25, 0.3) is 0 Å². The standard InChI is InChI=1S/C21H40O8/c1-9-24-17(7)26-11-13-28-19(22)21(15(3)4,16(5)6)20(23)29-14-12-27-18(8)25-10-2/h15-18H,9-14H2,1-8H3. The Morgan fingerprint density at radius 1 is 0.621 bits per heavy atom. The van der Waals surface area contributed by atoms with Crippen molar-refractivity contribution in [2.24, 2.45) is 17.3 Å². The van der Waals surface area contributed by atoms with Crippen molar-refractivity contribution in [1.29, 1.82) is 0 Å². The quantitative estimate of drug-likeness (QED) is 0.163. The first-order valence-electron chi connectivity index (χ1n) is 10.4. The molecule has 0 aromatic rings. The van der Waals surface area contributed by atoms with Crippen molar-refractivity contribution in [3.63, 3.8) is 0 Å². The van der Waals surface area contributed by atoms with Crippen LogP contribution < -0.4 is 0 Å². The third-order valence-electron chi connectivity index (χ3n) is 4.64. The fourth-order valence-electron chi connectivity index (χ4n) is 3.19. The molecule has 0 N–H and O–H groups in total. The molecule has 0 aliphatic heterocycles. The van der Waals surface area contributed by atoms with Crippen molar-refractivity contribution in [2.75, 3.05) is 39.6 Å². The summed E-state index contributed by atoms with van der Waals surface area (Å²) in [5, 5.41) is 0. The second kappa shape index (κ2) is 14.7. The number of rotatable bonds is 16. The number of hydrogen-bond donors (Lipinski definition) is 0. The molecule has 0 fully saturated rings. The summed E-state index contributed by atoms with van der Waals surface area (Å²) in [6, 6.07) is 0. The highest BCUT2D eigenvalue weighted by Crippen LogP contribution is 2.39. The van der Waals surface area contributed by atoms with E-state index in [1.54, 1.807) is 13.8 Å². The van der Waals surface area contributed by atoms with E-state index >= 15 is 0 Å². The summed E-state index contributed by atoms with van der Waals surface area (Å²) in [7, 11) is 0. The van der Waals surface area contributed by atoms with Gasteiger partial charge in [-0.15, -0.1) is 0 Å². The van der Waals surface area contributed by atoms with Gasteiger partial charge in [-0.25, -0.2) is 0 Å². The highest BCUT2D eigenvalue weighted by molar-refractivity contribution is 6.00. The lowest BCUT2D eigenvalue weighted by Crippen LogP contribution is -2.50. The van der Waals surface area contributed by atoms with Gasteiger partial charge in [0.2, 0.25) is 0 Å². The van der Waals surface area contributed by atoms with Gasteiger partial charge in [-0.05, 0) is 39.5 Å². The predicted molar refractivity (Wildman–Crippen MR) is 108 cm³/mol. The van der Waals surface area contributed by atoms with Crippen molar-refractivity contribution in [2.45, 2.75) is 68.0 Å². The molecule has 0 rings (SSSR count). The topological polar surface area (TPSA) is 89.5 Å². The summed E-state index contributed by atoms with van der Waals surface area (Å²) < 4.78 is 32.1. The number of hydrogen-bond acceptors (Lipinski definition) is 8. The molecule has 0 saturated heterocycles. The Kier molecular flexibility index (Phi) is 14.1. The Labute approximate surface area is 175 Å². The number of carbonyl (C=O) groups is 2. The van der Waals surface area contributed by atoms with E-state index in [9.17, 15) is 9.59 Å². The van der Waals surface area contributed by atoms with Gasteiger partial charge < -0.3 is 28.4 Å². The molecule has 0 aliphatic rings. The van der Waals surface area contributed by atoms with Crippen LogP contribution in [0.2, 0.25) is 0 Å². The molecule has 0 radical (unpaired) electrons. The van der Waals surface area contributed by atoms with Gasteiger partial charge in [0.15, 0.2) is 18.0 Å². The largest absolute Gasteiger partial charge is 0.462 e. The minimum Gasteiger partial charge on any atom is -0.462 e. The van der Waals surface area contributed by atoms with Crippen molar-refractivity contribution in [3.8, 4) is 0 Å². The summed E-state index contributed by atoms with van der Waals surface area (Å²) in [5.41, 5.74) is -1.41. The van der Waals surface area contributed by atoms with Crippen molar-refractivity contribution in [3.05, 3.63) is 0 Å². The molecule has 0 amide bonds. The number of carbonyl (C=O) groups excluding carboxylic acids is 2. The third kappa shape index (κ3) is 8.99. The lowest BCUT2D eigenvalue weighted by molar-refractivity contribution is -0.187. The average molecular weight is 421 g/mol. The van der Waals surface area contributed by atoms with Crippen LogP contribution in [0.4, 0.5) is 0 Å². The molecule has 0 saturated carbocycles. The van der Waals surface area contributed by atoms with E-state index in [0.29, 0.717) is 13.2 Å². The lowest BCUT2D eigenvalue weighted by atomic mass is 9.69. The molecule has 29 heavy (non-hydrogen) atoms. The first-order chi connectivity index (χ1) is 13.6. The molecule has 8 heteroatoms. The molecule has 8 nitrogen and oxygen atoms in total. The fourth-order valence-corrected chi connectivity index (χ4v) is 3.19. The zero-order valence-corrected chi connectivity index (χ0v) is 19.3. The van der Waals surface area contributed by atoms with Gasteiger partial charge in [-0.1, -0.05) is 27.7 Å². The number of esters is 2. The maximum absolute atomic E-state index is 12.9. The fraction of sp³-hybridized carbons (Fsp3) is 0.905. The van der Waals surface area contributed by atoms with Crippen LogP contribution in [0.1, 0.15) is 55.4 Å². The van der Waals surface area contributed by atoms with Crippen LogP contribution in [-0.2, 0) is 38.0 Å². The summed E-state index contributed by atoms with van der Waals surface area (Å²) in [6.45, 7) is 16.0. The Morgan fingerprint density at radius 2 is 0.966 bits per heavy atom.